The third kappa shape index (κ3) is 3.25. The molecule has 7 heteroatoms. The highest BCUT2D eigenvalue weighted by Crippen LogP contribution is 2.28. The lowest BCUT2D eigenvalue weighted by atomic mass is 10.1. The number of aromatic amines is 1. The number of aryl methyl sites for hydroxylation is 3. The molecule has 164 valence electrons. The Balaban J connectivity index is 1.70. The van der Waals surface area contributed by atoms with Gasteiger partial charge in [-0.05, 0) is 31.5 Å². The number of imidazole rings is 1. The zero-order chi connectivity index (χ0) is 22.6. The Hall–Kier alpha value is -3.61. The maximum atomic E-state index is 13.6. The predicted octanol–water partition coefficient (Wildman–Crippen LogP) is 2.77. The zero-order valence-corrected chi connectivity index (χ0v) is 18.9. The fraction of sp³-hybridized carbons (Fsp3) is 0.320. The highest BCUT2D eigenvalue weighted by Gasteiger charge is 2.35. The first-order chi connectivity index (χ1) is 15.3. The summed E-state index contributed by atoms with van der Waals surface area (Å²) in [6.45, 7) is 8.07. The molecule has 32 heavy (non-hydrogen) atoms. The van der Waals surface area contributed by atoms with Crippen LogP contribution in [-0.4, -0.2) is 20.7 Å². The molecular formula is C25H28N5O2+. The largest absolute Gasteiger partial charge is 0.364 e. The first-order valence-electron chi connectivity index (χ1n) is 11.0. The van der Waals surface area contributed by atoms with Crippen molar-refractivity contribution >= 4 is 22.8 Å². The molecule has 4 aromatic rings. The van der Waals surface area contributed by atoms with E-state index in [-0.39, 0.29) is 17.8 Å². The molecule has 3 heterocycles. The normalized spacial score (nSPS) is 15.9. The van der Waals surface area contributed by atoms with Crippen molar-refractivity contribution in [3.8, 4) is 0 Å². The molecule has 5 rings (SSSR count). The lowest BCUT2D eigenvalue weighted by molar-refractivity contribution is -0.669. The number of rotatable bonds is 3. The molecule has 7 nitrogen and oxygen atoms in total. The number of aromatic nitrogens is 4. The summed E-state index contributed by atoms with van der Waals surface area (Å²) >= 11 is 0. The highest BCUT2D eigenvalue weighted by molar-refractivity contribution is 5.70. The lowest BCUT2D eigenvalue weighted by Gasteiger charge is -2.26. The van der Waals surface area contributed by atoms with E-state index in [1.54, 1.807) is 11.6 Å². The molecule has 2 aromatic heterocycles. The van der Waals surface area contributed by atoms with Crippen molar-refractivity contribution in [2.45, 2.75) is 33.9 Å². The fourth-order valence-corrected chi connectivity index (χ4v) is 4.54. The van der Waals surface area contributed by atoms with E-state index in [1.807, 2.05) is 35.8 Å². The van der Waals surface area contributed by atoms with Crippen LogP contribution in [0.4, 0.5) is 11.6 Å². The van der Waals surface area contributed by atoms with Gasteiger partial charge in [0.15, 0.2) is 0 Å². The SMILES string of the molecule is Cc1ccc(Cn2c(=O)c3c([nH]c4[n+]3C[C@@H](C)CN4c3ccc(C)cc3)n(C)c2=O)cc1. The zero-order valence-electron chi connectivity index (χ0n) is 18.9. The van der Waals surface area contributed by atoms with E-state index in [1.165, 1.54) is 10.1 Å². The molecule has 0 fully saturated rings. The number of hydrogen-bond acceptors (Lipinski definition) is 3. The number of hydrogen-bond donors (Lipinski definition) is 1. The predicted molar refractivity (Wildman–Crippen MR) is 126 cm³/mol. The summed E-state index contributed by atoms with van der Waals surface area (Å²) in [4.78, 5) is 32.3. The Morgan fingerprint density at radius 3 is 2.28 bits per heavy atom. The molecule has 0 amide bonds. The number of nitrogens with zero attached hydrogens (tertiary/aromatic N) is 4. The number of anilines is 2. The van der Waals surface area contributed by atoms with Gasteiger partial charge in [0.25, 0.3) is 5.56 Å². The van der Waals surface area contributed by atoms with E-state index < -0.39 is 0 Å². The fourth-order valence-electron chi connectivity index (χ4n) is 4.54. The molecular weight excluding hydrogens is 402 g/mol. The molecule has 0 spiro atoms. The van der Waals surface area contributed by atoms with Crippen LogP contribution >= 0.6 is 0 Å². The Bertz CT molecular complexity index is 1430. The van der Waals surface area contributed by atoms with Gasteiger partial charge < -0.3 is 0 Å². The van der Waals surface area contributed by atoms with Crippen molar-refractivity contribution in [1.82, 2.24) is 14.1 Å². The molecule has 1 aliphatic heterocycles. The minimum Gasteiger partial charge on any atom is -0.267 e. The van der Waals surface area contributed by atoms with Gasteiger partial charge in [-0.1, -0.05) is 54.4 Å². The van der Waals surface area contributed by atoms with E-state index in [9.17, 15) is 9.59 Å². The number of fused-ring (bicyclic) bond motifs is 3. The summed E-state index contributed by atoms with van der Waals surface area (Å²) in [5.41, 5.74) is 4.85. The molecule has 1 atom stereocenters. The summed E-state index contributed by atoms with van der Waals surface area (Å²) in [6.07, 6.45) is 0. The van der Waals surface area contributed by atoms with Crippen LogP contribution in [0.2, 0.25) is 0 Å². The lowest BCUT2D eigenvalue weighted by Crippen LogP contribution is -2.52. The molecule has 1 N–H and O–H groups in total. The number of nitrogens with one attached hydrogen (secondary N) is 1. The average molecular weight is 431 g/mol. The maximum Gasteiger partial charge on any atom is 0.364 e. The van der Waals surface area contributed by atoms with Crippen molar-refractivity contribution in [3.63, 3.8) is 0 Å². The Labute approximate surface area is 186 Å². The van der Waals surface area contributed by atoms with Crippen LogP contribution in [0.25, 0.3) is 11.2 Å². The molecule has 0 saturated heterocycles. The standard InChI is InChI=1S/C25H27N5O2/c1-16-5-9-19(10-6-16)15-30-23(31)21-22(27(4)25(30)32)26-24-28(13-18(3)14-29(21)24)20-11-7-17(2)8-12-20/h5-12,18H,13-15H2,1-4H3/p+1/t18-/m0/s1. The molecule has 0 radical (unpaired) electrons. The highest BCUT2D eigenvalue weighted by atomic mass is 16.2. The van der Waals surface area contributed by atoms with Crippen molar-refractivity contribution in [1.29, 1.82) is 0 Å². The first kappa shape index (κ1) is 20.3. The van der Waals surface area contributed by atoms with Gasteiger partial charge in [-0.25, -0.2) is 19.2 Å². The van der Waals surface area contributed by atoms with Gasteiger partial charge in [-0.15, -0.1) is 0 Å². The van der Waals surface area contributed by atoms with E-state index in [4.69, 9.17) is 0 Å². The second-order valence-corrected chi connectivity index (χ2v) is 9.03. The Kier molecular flexibility index (Phi) is 4.77. The summed E-state index contributed by atoms with van der Waals surface area (Å²) in [7, 11) is 1.72. The van der Waals surface area contributed by atoms with Crippen LogP contribution in [0.1, 0.15) is 23.6 Å². The smallest absolute Gasteiger partial charge is 0.267 e. The topological polar surface area (TPSA) is 66.9 Å². The van der Waals surface area contributed by atoms with Gasteiger partial charge in [0.05, 0.1) is 19.6 Å². The second kappa shape index (κ2) is 7.51. The number of H-pyrrole nitrogens is 1. The Morgan fingerprint density at radius 1 is 1.00 bits per heavy atom. The minimum absolute atomic E-state index is 0.249. The summed E-state index contributed by atoms with van der Waals surface area (Å²) in [5, 5.41) is 0. The summed E-state index contributed by atoms with van der Waals surface area (Å²) in [6, 6.07) is 16.3. The monoisotopic (exact) mass is 430 g/mol. The van der Waals surface area contributed by atoms with E-state index in [2.05, 4.69) is 48.0 Å². The maximum absolute atomic E-state index is 13.6. The van der Waals surface area contributed by atoms with Crippen molar-refractivity contribution in [3.05, 3.63) is 86.1 Å². The molecule has 0 saturated carbocycles. The second-order valence-electron chi connectivity index (χ2n) is 9.03. The van der Waals surface area contributed by atoms with Crippen LogP contribution in [-0.2, 0) is 20.1 Å². The van der Waals surface area contributed by atoms with Gasteiger partial charge in [0, 0.05) is 13.0 Å². The van der Waals surface area contributed by atoms with E-state index in [0.29, 0.717) is 17.1 Å². The van der Waals surface area contributed by atoms with Gasteiger partial charge in [-0.2, -0.15) is 0 Å². The van der Waals surface area contributed by atoms with Crippen LogP contribution in [0, 0.1) is 19.8 Å². The third-order valence-corrected chi connectivity index (χ3v) is 6.33. The van der Waals surface area contributed by atoms with Gasteiger partial charge in [0.2, 0.25) is 11.2 Å². The quantitative estimate of drug-likeness (QED) is 0.508. The molecule has 0 aliphatic carbocycles. The minimum atomic E-state index is -0.322. The number of benzene rings is 2. The van der Waals surface area contributed by atoms with Gasteiger partial charge in [-0.3, -0.25) is 13.9 Å². The van der Waals surface area contributed by atoms with Gasteiger partial charge in [0.1, 0.15) is 5.69 Å². The van der Waals surface area contributed by atoms with Crippen molar-refractivity contribution in [2.75, 3.05) is 11.4 Å². The summed E-state index contributed by atoms with van der Waals surface area (Å²) < 4.78 is 4.93. The molecule has 2 aromatic carbocycles. The van der Waals surface area contributed by atoms with E-state index >= 15 is 0 Å². The summed E-state index contributed by atoms with van der Waals surface area (Å²) in [5.74, 6) is 1.18. The van der Waals surface area contributed by atoms with Crippen LogP contribution < -0.4 is 20.7 Å². The van der Waals surface area contributed by atoms with Crippen LogP contribution in [0.15, 0.2) is 58.1 Å². The van der Waals surface area contributed by atoms with Gasteiger partial charge >= 0.3 is 11.6 Å². The van der Waals surface area contributed by atoms with Crippen molar-refractivity contribution < 1.29 is 4.57 Å². The van der Waals surface area contributed by atoms with Crippen LogP contribution in [0.5, 0.6) is 0 Å². The molecule has 0 unspecified atom stereocenters. The third-order valence-electron chi connectivity index (χ3n) is 6.33. The molecule has 1 aliphatic rings. The van der Waals surface area contributed by atoms with E-state index in [0.717, 1.165) is 35.9 Å². The molecule has 0 bridgehead atoms. The van der Waals surface area contributed by atoms with Crippen LogP contribution in [0.3, 0.4) is 0 Å². The van der Waals surface area contributed by atoms with Crippen molar-refractivity contribution in [2.24, 2.45) is 13.0 Å². The first-order valence-corrected chi connectivity index (χ1v) is 11.0. The Morgan fingerprint density at radius 2 is 1.62 bits per heavy atom. The average Bonchev–Trinajstić information content (AvgIpc) is 3.16.